The Morgan fingerprint density at radius 2 is 2.08 bits per heavy atom. The number of amides is 2. The number of ether oxygens (including phenoxy) is 1. The quantitative estimate of drug-likeness (QED) is 0.908. The second kappa shape index (κ2) is 7.44. The zero-order valence-corrected chi connectivity index (χ0v) is 15.0. The number of nitrogens with zero attached hydrogens (tertiary/aromatic N) is 2. The molecule has 0 aromatic heterocycles. The molecule has 2 aliphatic rings. The molecule has 0 bridgehead atoms. The number of nitrogens with two attached hydrogens (primary N) is 1. The zero-order chi connectivity index (χ0) is 18.0. The van der Waals surface area contributed by atoms with Crippen molar-refractivity contribution in [3.05, 3.63) is 23.8 Å². The first-order valence-electron chi connectivity index (χ1n) is 9.05. The lowest BCUT2D eigenvalue weighted by atomic mass is 9.94. The van der Waals surface area contributed by atoms with Crippen molar-refractivity contribution in [2.45, 2.75) is 51.1 Å². The molecule has 6 heteroatoms. The summed E-state index contributed by atoms with van der Waals surface area (Å²) in [6, 6.07) is 5.71. The van der Waals surface area contributed by atoms with E-state index >= 15 is 0 Å². The topological polar surface area (TPSA) is 75.9 Å². The molecule has 6 nitrogen and oxygen atoms in total. The first kappa shape index (κ1) is 17.7. The van der Waals surface area contributed by atoms with Gasteiger partial charge in [-0.2, -0.15) is 0 Å². The number of hydrogen-bond acceptors (Lipinski definition) is 4. The minimum atomic E-state index is -0.195. The number of rotatable bonds is 4. The number of anilines is 1. The van der Waals surface area contributed by atoms with Crippen LogP contribution in [0, 0.1) is 0 Å². The number of hydrogen-bond donors (Lipinski definition) is 1. The Bertz CT molecular complexity index is 653. The van der Waals surface area contributed by atoms with Crippen LogP contribution in [-0.4, -0.2) is 43.0 Å². The Hall–Kier alpha value is -2.08. The van der Waals surface area contributed by atoms with E-state index in [-0.39, 0.29) is 37.0 Å². The average molecular weight is 345 g/mol. The van der Waals surface area contributed by atoms with Gasteiger partial charge in [0.05, 0.1) is 5.69 Å². The third-order valence-electron chi connectivity index (χ3n) is 5.26. The molecule has 1 aromatic rings. The highest BCUT2D eigenvalue weighted by Crippen LogP contribution is 2.34. The molecule has 2 amide bonds. The molecule has 2 N–H and O–H groups in total. The molecule has 1 aliphatic carbocycles. The van der Waals surface area contributed by atoms with E-state index in [1.54, 1.807) is 0 Å². The summed E-state index contributed by atoms with van der Waals surface area (Å²) < 4.78 is 5.50. The van der Waals surface area contributed by atoms with Crippen molar-refractivity contribution in [3.8, 4) is 5.75 Å². The molecule has 3 rings (SSSR count). The van der Waals surface area contributed by atoms with Gasteiger partial charge >= 0.3 is 0 Å². The van der Waals surface area contributed by atoms with E-state index in [2.05, 4.69) is 0 Å². The van der Waals surface area contributed by atoms with Gasteiger partial charge in [-0.1, -0.05) is 25.3 Å². The fraction of sp³-hybridized carbons (Fsp3) is 0.579. The van der Waals surface area contributed by atoms with Crippen LogP contribution >= 0.6 is 0 Å². The smallest absolute Gasteiger partial charge is 0.265 e. The van der Waals surface area contributed by atoms with Gasteiger partial charge in [0.25, 0.3) is 5.91 Å². The minimum Gasteiger partial charge on any atom is -0.482 e. The molecule has 1 aromatic carbocycles. The predicted octanol–water partition coefficient (Wildman–Crippen LogP) is 2.22. The summed E-state index contributed by atoms with van der Waals surface area (Å²) in [4.78, 5) is 28.5. The van der Waals surface area contributed by atoms with Crippen LogP contribution in [0.5, 0.6) is 5.75 Å². The molecule has 1 heterocycles. The van der Waals surface area contributed by atoms with E-state index in [0.717, 1.165) is 18.4 Å². The molecule has 1 atom stereocenters. The van der Waals surface area contributed by atoms with Gasteiger partial charge in [0.1, 0.15) is 12.3 Å². The largest absolute Gasteiger partial charge is 0.482 e. The van der Waals surface area contributed by atoms with Gasteiger partial charge in [0, 0.05) is 19.1 Å². The average Bonchev–Trinajstić information content (AvgIpc) is 2.63. The maximum absolute atomic E-state index is 12.8. The van der Waals surface area contributed by atoms with E-state index in [0.29, 0.717) is 11.4 Å². The van der Waals surface area contributed by atoms with Crippen molar-refractivity contribution in [2.75, 3.05) is 25.1 Å². The van der Waals surface area contributed by atoms with Gasteiger partial charge in [-0.05, 0) is 37.5 Å². The molecule has 1 aliphatic heterocycles. The van der Waals surface area contributed by atoms with Crippen molar-refractivity contribution in [1.29, 1.82) is 0 Å². The van der Waals surface area contributed by atoms with Crippen LogP contribution in [0.15, 0.2) is 18.2 Å². The third kappa shape index (κ3) is 3.79. The molecular weight excluding hydrogens is 318 g/mol. The summed E-state index contributed by atoms with van der Waals surface area (Å²) in [7, 11) is 1.85. The molecule has 1 fully saturated rings. The summed E-state index contributed by atoms with van der Waals surface area (Å²) in [5, 5.41) is 0. The van der Waals surface area contributed by atoms with E-state index in [1.165, 1.54) is 24.2 Å². The molecule has 1 saturated carbocycles. The van der Waals surface area contributed by atoms with Crippen molar-refractivity contribution in [3.63, 3.8) is 0 Å². The van der Waals surface area contributed by atoms with E-state index in [4.69, 9.17) is 10.5 Å². The normalized spacial score (nSPS) is 19.2. The second-order valence-electron chi connectivity index (χ2n) is 7.08. The molecule has 1 unspecified atom stereocenters. The molecular formula is C19H27N3O3. The predicted molar refractivity (Wildman–Crippen MR) is 96.5 cm³/mol. The van der Waals surface area contributed by atoms with E-state index in [1.807, 2.05) is 37.1 Å². The Labute approximate surface area is 148 Å². The summed E-state index contributed by atoms with van der Waals surface area (Å²) in [6.07, 6.45) is 5.67. The SMILES string of the molecule is CC(N)c1ccc2c(c1)N(CC(=O)N(C)C1CCCCC1)C(=O)CO2. The maximum Gasteiger partial charge on any atom is 0.265 e. The van der Waals surface area contributed by atoms with Gasteiger partial charge in [-0.15, -0.1) is 0 Å². The highest BCUT2D eigenvalue weighted by Gasteiger charge is 2.30. The molecule has 0 saturated heterocycles. The number of fused-ring (bicyclic) bond motifs is 1. The van der Waals surface area contributed by atoms with E-state index in [9.17, 15) is 9.59 Å². The number of likely N-dealkylation sites (N-methyl/N-ethyl adjacent to an activating group) is 1. The summed E-state index contributed by atoms with van der Waals surface area (Å²) in [6.45, 7) is 1.90. The van der Waals surface area contributed by atoms with Crippen LogP contribution in [0.4, 0.5) is 5.69 Å². The lowest BCUT2D eigenvalue weighted by Crippen LogP contribution is -2.48. The fourth-order valence-corrected chi connectivity index (χ4v) is 3.59. The first-order valence-corrected chi connectivity index (χ1v) is 9.05. The van der Waals surface area contributed by atoms with Gasteiger partial charge in [-0.25, -0.2) is 0 Å². The lowest BCUT2D eigenvalue weighted by Gasteiger charge is -2.34. The maximum atomic E-state index is 12.8. The molecule has 136 valence electrons. The molecule has 0 radical (unpaired) electrons. The number of carbonyl (C=O) groups is 2. The van der Waals surface area contributed by atoms with Crippen molar-refractivity contribution in [2.24, 2.45) is 5.73 Å². The highest BCUT2D eigenvalue weighted by molar-refractivity contribution is 6.02. The lowest BCUT2D eigenvalue weighted by molar-refractivity contribution is -0.133. The summed E-state index contributed by atoms with van der Waals surface area (Å²) >= 11 is 0. The molecule has 25 heavy (non-hydrogen) atoms. The minimum absolute atomic E-state index is 0.0284. The Balaban J connectivity index is 1.78. The van der Waals surface area contributed by atoms with Crippen molar-refractivity contribution in [1.82, 2.24) is 4.90 Å². The number of benzene rings is 1. The monoisotopic (exact) mass is 345 g/mol. The Morgan fingerprint density at radius 1 is 1.36 bits per heavy atom. The number of carbonyl (C=O) groups excluding carboxylic acids is 2. The first-order chi connectivity index (χ1) is 12.0. The zero-order valence-electron chi connectivity index (χ0n) is 15.0. The van der Waals surface area contributed by atoms with Crippen molar-refractivity contribution >= 4 is 17.5 Å². The third-order valence-corrected chi connectivity index (χ3v) is 5.26. The van der Waals surface area contributed by atoms with Crippen LogP contribution in [0.2, 0.25) is 0 Å². The van der Waals surface area contributed by atoms with Crippen LogP contribution in [0.3, 0.4) is 0 Å². The van der Waals surface area contributed by atoms with Crippen LogP contribution < -0.4 is 15.4 Å². The van der Waals surface area contributed by atoms with Gasteiger partial charge in [0.15, 0.2) is 6.61 Å². The standard InChI is InChI=1S/C19H27N3O3/c1-13(20)14-8-9-17-16(10-14)22(19(24)12-25-17)11-18(23)21(2)15-6-4-3-5-7-15/h8-10,13,15H,3-7,11-12,20H2,1-2H3. The molecule has 0 spiro atoms. The van der Waals surface area contributed by atoms with Gasteiger partial charge in [-0.3, -0.25) is 14.5 Å². The van der Waals surface area contributed by atoms with Crippen LogP contribution in [0.25, 0.3) is 0 Å². The second-order valence-corrected chi connectivity index (χ2v) is 7.08. The fourth-order valence-electron chi connectivity index (χ4n) is 3.59. The Morgan fingerprint density at radius 3 is 2.76 bits per heavy atom. The Kier molecular flexibility index (Phi) is 5.27. The summed E-state index contributed by atoms with van der Waals surface area (Å²) in [5.74, 6) is 0.399. The van der Waals surface area contributed by atoms with Gasteiger partial charge < -0.3 is 15.4 Å². The van der Waals surface area contributed by atoms with Crippen LogP contribution in [-0.2, 0) is 9.59 Å². The van der Waals surface area contributed by atoms with Crippen molar-refractivity contribution < 1.29 is 14.3 Å². The summed E-state index contributed by atoms with van der Waals surface area (Å²) in [5.41, 5.74) is 7.50. The van der Waals surface area contributed by atoms with E-state index < -0.39 is 0 Å². The van der Waals surface area contributed by atoms with Crippen LogP contribution in [0.1, 0.15) is 50.6 Å². The highest BCUT2D eigenvalue weighted by atomic mass is 16.5. The van der Waals surface area contributed by atoms with Gasteiger partial charge in [0.2, 0.25) is 5.91 Å².